The van der Waals surface area contributed by atoms with Crippen molar-refractivity contribution < 1.29 is 0 Å². The maximum absolute atomic E-state index is 3.19. The van der Waals surface area contributed by atoms with Crippen molar-refractivity contribution in [2.75, 3.05) is 7.05 Å². The molecule has 0 amide bonds. The molecule has 0 radical (unpaired) electrons. The van der Waals surface area contributed by atoms with Crippen molar-refractivity contribution in [1.82, 2.24) is 5.32 Å². The van der Waals surface area contributed by atoms with Gasteiger partial charge in [0.15, 0.2) is 0 Å². The van der Waals surface area contributed by atoms with Crippen LogP contribution in [0.25, 0.3) is 0 Å². The monoisotopic (exact) mass is 167 g/mol. The molecule has 0 fully saturated rings. The Morgan fingerprint density at radius 3 is 2.25 bits per heavy atom. The van der Waals surface area contributed by atoms with Crippen molar-refractivity contribution in [2.24, 2.45) is 5.92 Å². The summed E-state index contributed by atoms with van der Waals surface area (Å²) in [6, 6.07) is 0. The maximum atomic E-state index is 3.19. The van der Waals surface area contributed by atoms with Crippen molar-refractivity contribution in [3.63, 3.8) is 0 Å². The van der Waals surface area contributed by atoms with Gasteiger partial charge in [0.25, 0.3) is 0 Å². The van der Waals surface area contributed by atoms with Gasteiger partial charge in [-0.05, 0) is 17.9 Å². The molecule has 0 spiro atoms. The zero-order valence-electron chi connectivity index (χ0n) is 8.94. The SMILES string of the molecule is CC.CCC1=CC(C)C=C1NC. The predicted molar refractivity (Wildman–Crippen MR) is 56.0 cm³/mol. The van der Waals surface area contributed by atoms with Gasteiger partial charge in [-0.2, -0.15) is 0 Å². The summed E-state index contributed by atoms with van der Waals surface area (Å²) in [7, 11) is 1.98. The molecule has 0 aromatic carbocycles. The fourth-order valence-corrected chi connectivity index (χ4v) is 1.38. The molecule has 1 aliphatic rings. The first kappa shape index (κ1) is 11.3. The van der Waals surface area contributed by atoms with Gasteiger partial charge in [0.2, 0.25) is 0 Å². The third-order valence-electron chi connectivity index (χ3n) is 1.89. The van der Waals surface area contributed by atoms with E-state index in [0.29, 0.717) is 5.92 Å². The van der Waals surface area contributed by atoms with E-state index < -0.39 is 0 Å². The van der Waals surface area contributed by atoms with Gasteiger partial charge in [-0.3, -0.25) is 0 Å². The summed E-state index contributed by atoms with van der Waals surface area (Å²) < 4.78 is 0. The lowest BCUT2D eigenvalue weighted by Crippen LogP contribution is -2.05. The minimum Gasteiger partial charge on any atom is -0.388 e. The molecule has 0 saturated carbocycles. The smallest absolute Gasteiger partial charge is 0.0332 e. The number of hydrogen-bond donors (Lipinski definition) is 1. The van der Waals surface area contributed by atoms with Crippen molar-refractivity contribution >= 4 is 0 Å². The highest BCUT2D eigenvalue weighted by Crippen LogP contribution is 2.23. The molecule has 1 aliphatic carbocycles. The summed E-state index contributed by atoms with van der Waals surface area (Å²) in [5.74, 6) is 0.623. The van der Waals surface area contributed by atoms with Crippen LogP contribution in [0, 0.1) is 5.92 Å². The summed E-state index contributed by atoms with van der Waals surface area (Å²) in [5.41, 5.74) is 2.77. The van der Waals surface area contributed by atoms with Crippen LogP contribution >= 0.6 is 0 Å². The van der Waals surface area contributed by atoms with Gasteiger partial charge in [-0.15, -0.1) is 0 Å². The first-order valence-electron chi connectivity index (χ1n) is 4.88. The Morgan fingerprint density at radius 1 is 1.33 bits per heavy atom. The Labute approximate surface area is 76.6 Å². The molecule has 1 atom stereocenters. The molecule has 0 heterocycles. The van der Waals surface area contributed by atoms with Crippen LogP contribution in [-0.4, -0.2) is 7.05 Å². The van der Waals surface area contributed by atoms with Crippen LogP contribution in [0.15, 0.2) is 23.4 Å². The minimum atomic E-state index is 0.623. The molecular weight excluding hydrogens is 146 g/mol. The molecule has 12 heavy (non-hydrogen) atoms. The lowest BCUT2D eigenvalue weighted by atomic mass is 10.2. The number of nitrogens with one attached hydrogen (secondary N) is 1. The summed E-state index contributed by atoms with van der Waals surface area (Å²) in [5, 5.41) is 3.19. The van der Waals surface area contributed by atoms with Crippen LogP contribution in [0.5, 0.6) is 0 Å². The van der Waals surface area contributed by atoms with E-state index >= 15 is 0 Å². The second-order valence-corrected chi connectivity index (χ2v) is 2.73. The average molecular weight is 167 g/mol. The fourth-order valence-electron chi connectivity index (χ4n) is 1.38. The highest BCUT2D eigenvalue weighted by Gasteiger charge is 2.10. The number of rotatable bonds is 2. The van der Waals surface area contributed by atoms with Crippen molar-refractivity contribution in [3.05, 3.63) is 23.4 Å². The van der Waals surface area contributed by atoms with Gasteiger partial charge in [0.05, 0.1) is 0 Å². The summed E-state index contributed by atoms with van der Waals surface area (Å²) in [4.78, 5) is 0. The molecule has 0 aliphatic heterocycles. The Hall–Kier alpha value is -0.720. The topological polar surface area (TPSA) is 12.0 Å². The van der Waals surface area contributed by atoms with Gasteiger partial charge in [0.1, 0.15) is 0 Å². The number of hydrogen-bond acceptors (Lipinski definition) is 1. The van der Waals surface area contributed by atoms with Crippen LogP contribution in [0.3, 0.4) is 0 Å². The third kappa shape index (κ3) is 2.72. The zero-order valence-corrected chi connectivity index (χ0v) is 8.94. The normalized spacial score (nSPS) is 20.6. The molecule has 0 saturated heterocycles. The molecule has 0 bridgehead atoms. The molecule has 1 rings (SSSR count). The maximum Gasteiger partial charge on any atom is 0.0332 e. The van der Waals surface area contributed by atoms with Gasteiger partial charge in [0, 0.05) is 12.7 Å². The van der Waals surface area contributed by atoms with Gasteiger partial charge >= 0.3 is 0 Å². The Bertz CT molecular complexity index is 157. The van der Waals surface area contributed by atoms with Gasteiger partial charge in [-0.1, -0.05) is 39.8 Å². The van der Waals surface area contributed by atoms with E-state index in [1.54, 1.807) is 0 Å². The third-order valence-corrected chi connectivity index (χ3v) is 1.89. The quantitative estimate of drug-likeness (QED) is 0.666. The highest BCUT2D eigenvalue weighted by atomic mass is 14.8. The molecule has 70 valence electrons. The molecule has 0 aromatic heterocycles. The molecule has 1 nitrogen and oxygen atoms in total. The standard InChI is InChI=1S/C9H15N.C2H6/c1-4-8-5-7(2)6-9(8)10-3;1-2/h5-7,10H,4H2,1-3H3;1-2H3. The molecule has 1 unspecified atom stereocenters. The molecule has 1 heteroatoms. The lowest BCUT2D eigenvalue weighted by Gasteiger charge is -2.03. The zero-order chi connectivity index (χ0) is 9.56. The van der Waals surface area contributed by atoms with E-state index in [4.69, 9.17) is 0 Å². The molecule has 0 aromatic rings. The number of allylic oxidation sites excluding steroid dienone is 3. The van der Waals surface area contributed by atoms with Crippen LogP contribution in [0.1, 0.15) is 34.1 Å². The summed E-state index contributed by atoms with van der Waals surface area (Å²) >= 11 is 0. The molecule has 1 N–H and O–H groups in total. The van der Waals surface area contributed by atoms with Crippen molar-refractivity contribution in [1.29, 1.82) is 0 Å². The van der Waals surface area contributed by atoms with Gasteiger partial charge in [-0.25, -0.2) is 0 Å². The van der Waals surface area contributed by atoms with E-state index in [2.05, 4.69) is 31.3 Å². The molecular formula is C11H21N. The van der Waals surface area contributed by atoms with Crippen LogP contribution in [-0.2, 0) is 0 Å². The second-order valence-electron chi connectivity index (χ2n) is 2.73. The summed E-state index contributed by atoms with van der Waals surface area (Å²) in [6.07, 6.45) is 5.71. The Morgan fingerprint density at radius 2 is 1.92 bits per heavy atom. The summed E-state index contributed by atoms with van der Waals surface area (Å²) in [6.45, 7) is 8.40. The fraction of sp³-hybridized carbons (Fsp3) is 0.636. The highest BCUT2D eigenvalue weighted by molar-refractivity contribution is 5.36. The average Bonchev–Trinajstić information content (AvgIpc) is 2.49. The van der Waals surface area contributed by atoms with Crippen molar-refractivity contribution in [3.8, 4) is 0 Å². The predicted octanol–water partition coefficient (Wildman–Crippen LogP) is 3.10. The second kappa shape index (κ2) is 5.87. The van der Waals surface area contributed by atoms with E-state index in [0.717, 1.165) is 6.42 Å². The van der Waals surface area contributed by atoms with Crippen LogP contribution in [0.4, 0.5) is 0 Å². The lowest BCUT2D eigenvalue weighted by molar-refractivity contribution is 0.937. The Balaban J connectivity index is 0.000000561. The van der Waals surface area contributed by atoms with E-state index in [9.17, 15) is 0 Å². The largest absolute Gasteiger partial charge is 0.388 e. The van der Waals surface area contributed by atoms with E-state index in [1.807, 2.05) is 20.9 Å². The van der Waals surface area contributed by atoms with E-state index in [1.165, 1.54) is 11.3 Å². The van der Waals surface area contributed by atoms with Crippen molar-refractivity contribution in [2.45, 2.75) is 34.1 Å². The first-order valence-corrected chi connectivity index (χ1v) is 4.88. The van der Waals surface area contributed by atoms with Gasteiger partial charge < -0.3 is 5.32 Å². The van der Waals surface area contributed by atoms with Crippen LogP contribution in [0.2, 0.25) is 0 Å². The van der Waals surface area contributed by atoms with Crippen LogP contribution < -0.4 is 5.32 Å². The van der Waals surface area contributed by atoms with E-state index in [-0.39, 0.29) is 0 Å². The Kier molecular flexibility index (Phi) is 5.52. The minimum absolute atomic E-state index is 0.623. The first-order chi connectivity index (χ1) is 5.77. The number of likely N-dealkylation sites (N-methyl/N-ethyl adjacent to an activating group) is 1.